The first-order valence-corrected chi connectivity index (χ1v) is 5.13. The summed E-state index contributed by atoms with van der Waals surface area (Å²) in [5.41, 5.74) is -0.590. The molecule has 0 amide bonds. The van der Waals surface area contributed by atoms with Crippen LogP contribution in [0.2, 0.25) is 0 Å². The van der Waals surface area contributed by atoms with Crippen molar-refractivity contribution in [2.24, 2.45) is 0 Å². The molecule has 6 heteroatoms. The highest BCUT2D eigenvalue weighted by Gasteiger charge is 2.36. The Morgan fingerprint density at radius 1 is 1.41 bits per heavy atom. The fraction of sp³-hybridized carbons (Fsp3) is 0.545. The lowest BCUT2D eigenvalue weighted by atomic mass is 9.99. The molecule has 1 rings (SSSR count). The highest BCUT2D eigenvalue weighted by molar-refractivity contribution is 5.30. The number of rotatable bonds is 4. The summed E-state index contributed by atoms with van der Waals surface area (Å²) in [5.74, 6) is 0. The fourth-order valence-corrected chi connectivity index (χ4v) is 1.69. The molecule has 1 heterocycles. The SMILES string of the molecule is CNC(c1cnccc1C(F)(F)F)C(C)OC. The normalized spacial score (nSPS) is 15.6. The molecule has 0 saturated carbocycles. The van der Waals surface area contributed by atoms with Gasteiger partial charge in [0.25, 0.3) is 0 Å². The van der Waals surface area contributed by atoms with Crippen LogP contribution in [-0.2, 0) is 10.9 Å². The standard InChI is InChI=1S/C11H15F3N2O/c1-7(17-3)10(15-2)8-6-16-5-4-9(8)11(12,13)14/h4-7,10,15H,1-3H3. The number of hydrogen-bond donors (Lipinski definition) is 1. The molecule has 0 aliphatic rings. The van der Waals surface area contributed by atoms with Gasteiger partial charge >= 0.3 is 6.18 Å². The minimum atomic E-state index is -4.39. The summed E-state index contributed by atoms with van der Waals surface area (Å²) < 4.78 is 43.5. The second-order valence-corrected chi connectivity index (χ2v) is 3.67. The zero-order chi connectivity index (χ0) is 13.1. The van der Waals surface area contributed by atoms with Crippen molar-refractivity contribution < 1.29 is 17.9 Å². The molecule has 1 N–H and O–H groups in total. The van der Waals surface area contributed by atoms with E-state index in [2.05, 4.69) is 10.3 Å². The van der Waals surface area contributed by atoms with Crippen molar-refractivity contribution in [1.29, 1.82) is 0 Å². The van der Waals surface area contributed by atoms with E-state index < -0.39 is 17.8 Å². The molecule has 0 saturated heterocycles. The summed E-state index contributed by atoms with van der Waals surface area (Å²) in [7, 11) is 3.05. The Balaban J connectivity index is 3.20. The molecule has 3 nitrogen and oxygen atoms in total. The van der Waals surface area contributed by atoms with E-state index in [4.69, 9.17) is 4.74 Å². The van der Waals surface area contributed by atoms with Gasteiger partial charge in [-0.1, -0.05) is 0 Å². The molecule has 0 fully saturated rings. The van der Waals surface area contributed by atoms with Crippen molar-refractivity contribution in [3.63, 3.8) is 0 Å². The third-order valence-electron chi connectivity index (χ3n) is 2.64. The first-order valence-electron chi connectivity index (χ1n) is 5.13. The molecule has 2 atom stereocenters. The van der Waals surface area contributed by atoms with E-state index >= 15 is 0 Å². The van der Waals surface area contributed by atoms with Gasteiger partial charge in [-0.05, 0) is 20.0 Å². The summed E-state index contributed by atoms with van der Waals surface area (Å²) >= 11 is 0. The van der Waals surface area contributed by atoms with Crippen molar-refractivity contribution in [2.45, 2.75) is 25.2 Å². The molecule has 0 bridgehead atoms. The van der Waals surface area contributed by atoms with E-state index in [0.717, 1.165) is 12.3 Å². The third-order valence-corrected chi connectivity index (χ3v) is 2.64. The second-order valence-electron chi connectivity index (χ2n) is 3.67. The first kappa shape index (κ1) is 13.9. The number of likely N-dealkylation sites (N-methyl/N-ethyl adjacent to an activating group) is 1. The van der Waals surface area contributed by atoms with Gasteiger partial charge in [0.1, 0.15) is 0 Å². The molecule has 1 aromatic heterocycles. The minimum absolute atomic E-state index is 0.0943. The van der Waals surface area contributed by atoms with Crippen LogP contribution >= 0.6 is 0 Å². The van der Waals surface area contributed by atoms with Crippen molar-refractivity contribution in [2.75, 3.05) is 14.2 Å². The van der Waals surface area contributed by atoms with Gasteiger partial charge in [0.05, 0.1) is 17.7 Å². The number of halogens is 3. The predicted octanol–water partition coefficient (Wildman–Crippen LogP) is 2.40. The van der Waals surface area contributed by atoms with Crippen molar-refractivity contribution in [3.05, 3.63) is 29.6 Å². The Morgan fingerprint density at radius 2 is 2.06 bits per heavy atom. The lowest BCUT2D eigenvalue weighted by Gasteiger charge is -2.25. The molecule has 0 radical (unpaired) electrons. The zero-order valence-electron chi connectivity index (χ0n) is 9.88. The van der Waals surface area contributed by atoms with Crippen LogP contribution in [0.25, 0.3) is 0 Å². The molecule has 0 aliphatic carbocycles. The summed E-state index contributed by atoms with van der Waals surface area (Å²) in [6.07, 6.45) is -2.41. The number of alkyl halides is 3. The van der Waals surface area contributed by atoms with Crippen molar-refractivity contribution in [3.8, 4) is 0 Å². The lowest BCUT2D eigenvalue weighted by Crippen LogP contribution is -2.30. The smallest absolute Gasteiger partial charge is 0.380 e. The molecule has 17 heavy (non-hydrogen) atoms. The monoisotopic (exact) mass is 248 g/mol. The van der Waals surface area contributed by atoms with Gasteiger partial charge in [0.15, 0.2) is 0 Å². The number of pyridine rings is 1. The number of hydrogen-bond acceptors (Lipinski definition) is 3. The largest absolute Gasteiger partial charge is 0.416 e. The van der Waals surface area contributed by atoms with Crippen LogP contribution < -0.4 is 5.32 Å². The van der Waals surface area contributed by atoms with Crippen molar-refractivity contribution >= 4 is 0 Å². The van der Waals surface area contributed by atoms with Crippen molar-refractivity contribution in [1.82, 2.24) is 10.3 Å². The Kier molecular flexibility index (Phi) is 4.47. The average molecular weight is 248 g/mol. The molecular formula is C11H15F3N2O. The van der Waals surface area contributed by atoms with Gasteiger partial charge in [-0.3, -0.25) is 4.98 Å². The lowest BCUT2D eigenvalue weighted by molar-refractivity contribution is -0.138. The Hall–Kier alpha value is -1.14. The number of nitrogens with zero attached hydrogens (tertiary/aromatic N) is 1. The van der Waals surface area contributed by atoms with E-state index in [1.807, 2.05) is 0 Å². The molecular weight excluding hydrogens is 233 g/mol. The van der Waals surface area contributed by atoms with Gasteiger partial charge in [-0.25, -0.2) is 0 Å². The molecule has 2 unspecified atom stereocenters. The van der Waals surface area contributed by atoms with Gasteiger partial charge in [-0.2, -0.15) is 13.2 Å². The maximum Gasteiger partial charge on any atom is 0.416 e. The van der Waals surface area contributed by atoms with E-state index in [9.17, 15) is 13.2 Å². The Bertz CT molecular complexity index is 368. The van der Waals surface area contributed by atoms with Gasteiger partial charge in [0, 0.05) is 25.1 Å². The number of methoxy groups -OCH3 is 1. The summed E-state index contributed by atoms with van der Waals surface area (Å²) in [4.78, 5) is 3.75. The molecule has 96 valence electrons. The van der Waals surface area contributed by atoms with Gasteiger partial charge in [-0.15, -0.1) is 0 Å². The van der Waals surface area contributed by atoms with Crippen LogP contribution in [0.3, 0.4) is 0 Å². The van der Waals surface area contributed by atoms with E-state index in [-0.39, 0.29) is 11.7 Å². The van der Waals surface area contributed by atoms with Crippen LogP contribution in [0.15, 0.2) is 18.5 Å². The van der Waals surface area contributed by atoms with E-state index in [0.29, 0.717) is 0 Å². The maximum absolute atomic E-state index is 12.8. The number of nitrogens with one attached hydrogen (secondary N) is 1. The average Bonchev–Trinajstić information content (AvgIpc) is 2.29. The topological polar surface area (TPSA) is 34.2 Å². The first-order chi connectivity index (χ1) is 7.91. The molecule has 0 aliphatic heterocycles. The van der Waals surface area contributed by atoms with E-state index in [1.165, 1.54) is 13.3 Å². The van der Waals surface area contributed by atoms with E-state index in [1.54, 1.807) is 14.0 Å². The Labute approximate surface area is 98.0 Å². The molecule has 0 aromatic carbocycles. The second kappa shape index (κ2) is 5.46. The van der Waals surface area contributed by atoms with Gasteiger partial charge in [0.2, 0.25) is 0 Å². The van der Waals surface area contributed by atoms with Crippen LogP contribution in [0.1, 0.15) is 24.1 Å². The predicted molar refractivity (Wildman–Crippen MR) is 57.5 cm³/mol. The summed E-state index contributed by atoms with van der Waals surface area (Å²) in [6.45, 7) is 1.70. The summed E-state index contributed by atoms with van der Waals surface area (Å²) in [6, 6.07) is 0.424. The van der Waals surface area contributed by atoms with Crippen LogP contribution in [0, 0.1) is 0 Å². The maximum atomic E-state index is 12.8. The minimum Gasteiger partial charge on any atom is -0.380 e. The zero-order valence-corrected chi connectivity index (χ0v) is 9.88. The van der Waals surface area contributed by atoms with Gasteiger partial charge < -0.3 is 10.1 Å². The van der Waals surface area contributed by atoms with Crippen LogP contribution in [-0.4, -0.2) is 25.2 Å². The highest BCUT2D eigenvalue weighted by Crippen LogP contribution is 2.35. The quantitative estimate of drug-likeness (QED) is 0.888. The molecule has 1 aromatic rings. The summed E-state index contributed by atoms with van der Waals surface area (Å²) in [5, 5.41) is 2.82. The Morgan fingerprint density at radius 3 is 2.53 bits per heavy atom. The third kappa shape index (κ3) is 3.17. The number of aromatic nitrogens is 1. The fourth-order valence-electron chi connectivity index (χ4n) is 1.69. The number of ether oxygens (including phenoxy) is 1. The molecule has 0 spiro atoms. The van der Waals surface area contributed by atoms with Crippen LogP contribution in [0.5, 0.6) is 0 Å². The van der Waals surface area contributed by atoms with Crippen LogP contribution in [0.4, 0.5) is 13.2 Å². The highest BCUT2D eigenvalue weighted by atomic mass is 19.4.